The highest BCUT2D eigenvalue weighted by atomic mass is 19.1. The summed E-state index contributed by atoms with van der Waals surface area (Å²) in [7, 11) is 0. The molecule has 1 unspecified atom stereocenters. The van der Waals surface area contributed by atoms with Crippen LogP contribution in [0.1, 0.15) is 42.1 Å². The van der Waals surface area contributed by atoms with Gasteiger partial charge < -0.3 is 10.4 Å². The van der Waals surface area contributed by atoms with E-state index in [0.717, 1.165) is 12.0 Å². The molecule has 2 N–H and O–H groups in total. The lowest BCUT2D eigenvalue weighted by Crippen LogP contribution is -2.29. The number of hydrogen-bond acceptors (Lipinski definition) is 4. The molecule has 6 nitrogen and oxygen atoms in total. The van der Waals surface area contributed by atoms with Gasteiger partial charge >= 0.3 is 0 Å². The van der Waals surface area contributed by atoms with Crippen LogP contribution >= 0.6 is 0 Å². The molecule has 1 aliphatic heterocycles. The molecule has 0 spiro atoms. The van der Waals surface area contributed by atoms with Gasteiger partial charge in [-0.05, 0) is 66.4 Å². The van der Waals surface area contributed by atoms with Crippen molar-refractivity contribution < 1.29 is 23.9 Å². The van der Waals surface area contributed by atoms with Crippen LogP contribution in [0.25, 0.3) is 5.76 Å². The summed E-state index contributed by atoms with van der Waals surface area (Å²) in [4.78, 5) is 39.4. The van der Waals surface area contributed by atoms with Crippen molar-refractivity contribution in [2.24, 2.45) is 0 Å². The Morgan fingerprint density at radius 1 is 1.06 bits per heavy atom. The lowest BCUT2D eigenvalue weighted by atomic mass is 9.94. The summed E-state index contributed by atoms with van der Waals surface area (Å²) < 4.78 is 13.8. The normalized spacial score (nSPS) is 17.0. The van der Waals surface area contributed by atoms with E-state index < -0.39 is 23.5 Å². The Balaban J connectivity index is 1.92. The van der Waals surface area contributed by atoms with E-state index in [9.17, 15) is 23.9 Å². The van der Waals surface area contributed by atoms with Gasteiger partial charge in [-0.2, -0.15) is 0 Å². The highest BCUT2D eigenvalue weighted by Crippen LogP contribution is 2.42. The van der Waals surface area contributed by atoms with Gasteiger partial charge in [0.25, 0.3) is 11.7 Å². The minimum absolute atomic E-state index is 0.0878. The molecule has 0 bridgehead atoms. The first kappa shape index (κ1) is 23.9. The highest BCUT2D eigenvalue weighted by molar-refractivity contribution is 6.51. The second kappa shape index (κ2) is 9.54. The Hall–Kier alpha value is -4.26. The molecule has 35 heavy (non-hydrogen) atoms. The lowest BCUT2D eigenvalue weighted by Gasteiger charge is -2.26. The first-order valence-electron chi connectivity index (χ1n) is 11.2. The van der Waals surface area contributed by atoms with Crippen LogP contribution in [-0.2, 0) is 20.8 Å². The van der Waals surface area contributed by atoms with Gasteiger partial charge in [-0.25, -0.2) is 4.39 Å². The molecule has 3 aromatic carbocycles. The lowest BCUT2D eigenvalue weighted by molar-refractivity contribution is -0.132. The zero-order valence-corrected chi connectivity index (χ0v) is 19.6. The zero-order valence-electron chi connectivity index (χ0n) is 19.6. The standard InChI is InChI=1S/C28H25FN2O4/c1-4-18-8-10-19(11-9-18)25-24(26(33)20-12-13-23(29)16(2)14-20)27(34)28(35)31(25)22-7-5-6-21(15-22)30-17(3)32/h5-15,25,33H,4H2,1-3H3,(H,30,32)/b26-24+. The molecule has 0 aliphatic carbocycles. The maximum atomic E-state index is 13.8. The van der Waals surface area contributed by atoms with E-state index in [2.05, 4.69) is 5.32 Å². The van der Waals surface area contributed by atoms with Gasteiger partial charge in [-0.15, -0.1) is 0 Å². The first-order valence-corrected chi connectivity index (χ1v) is 11.2. The van der Waals surface area contributed by atoms with Crippen molar-refractivity contribution in [3.05, 3.63) is 100 Å². The number of aliphatic hydroxyl groups excluding tert-OH is 1. The second-order valence-corrected chi connectivity index (χ2v) is 8.46. The van der Waals surface area contributed by atoms with Crippen LogP contribution in [0, 0.1) is 12.7 Å². The van der Waals surface area contributed by atoms with Crippen LogP contribution in [0.2, 0.25) is 0 Å². The van der Waals surface area contributed by atoms with Crippen molar-refractivity contribution >= 4 is 34.7 Å². The predicted octanol–water partition coefficient (Wildman–Crippen LogP) is 5.28. The van der Waals surface area contributed by atoms with Crippen LogP contribution in [0.15, 0.2) is 72.3 Å². The van der Waals surface area contributed by atoms with E-state index in [-0.39, 0.29) is 22.8 Å². The molecular formula is C28H25FN2O4. The third-order valence-corrected chi connectivity index (χ3v) is 6.02. The maximum absolute atomic E-state index is 13.8. The number of nitrogens with zero attached hydrogens (tertiary/aromatic N) is 1. The summed E-state index contributed by atoms with van der Waals surface area (Å²) in [6.45, 7) is 4.95. The monoisotopic (exact) mass is 472 g/mol. The molecule has 1 heterocycles. The smallest absolute Gasteiger partial charge is 0.300 e. The summed E-state index contributed by atoms with van der Waals surface area (Å²) in [6, 6.07) is 17.2. The third kappa shape index (κ3) is 4.57. The summed E-state index contributed by atoms with van der Waals surface area (Å²) in [5.41, 5.74) is 3.01. The fourth-order valence-corrected chi connectivity index (χ4v) is 4.23. The number of rotatable bonds is 5. The third-order valence-electron chi connectivity index (χ3n) is 6.02. The number of Topliss-reactive ketones (excluding diaryl/α,β-unsaturated/α-hetero) is 1. The Morgan fingerprint density at radius 3 is 2.40 bits per heavy atom. The number of amides is 2. The molecular weight excluding hydrogens is 447 g/mol. The average molecular weight is 473 g/mol. The van der Waals surface area contributed by atoms with Crippen LogP contribution in [0.4, 0.5) is 15.8 Å². The Morgan fingerprint density at radius 2 is 1.77 bits per heavy atom. The Kier molecular flexibility index (Phi) is 6.51. The molecule has 1 fully saturated rings. The topological polar surface area (TPSA) is 86.7 Å². The summed E-state index contributed by atoms with van der Waals surface area (Å²) in [6.07, 6.45) is 0.814. The van der Waals surface area contributed by atoms with E-state index in [4.69, 9.17) is 0 Å². The number of anilines is 2. The van der Waals surface area contributed by atoms with Crippen LogP contribution in [0.5, 0.6) is 0 Å². The molecule has 3 aromatic rings. The van der Waals surface area contributed by atoms with E-state index in [0.29, 0.717) is 22.5 Å². The SMILES string of the molecule is CCc1ccc(C2/C(=C(\O)c3ccc(F)c(C)c3)C(=O)C(=O)N2c2cccc(NC(C)=O)c2)cc1. The van der Waals surface area contributed by atoms with E-state index in [1.54, 1.807) is 31.2 Å². The van der Waals surface area contributed by atoms with Crippen LogP contribution in [0.3, 0.4) is 0 Å². The van der Waals surface area contributed by atoms with Crippen LogP contribution < -0.4 is 10.2 Å². The number of benzene rings is 3. The molecule has 0 aromatic heterocycles. The molecule has 2 amide bonds. The number of carbonyl (C=O) groups excluding carboxylic acids is 3. The molecule has 0 saturated carbocycles. The molecule has 1 atom stereocenters. The fraction of sp³-hybridized carbons (Fsp3) is 0.179. The molecule has 7 heteroatoms. The summed E-state index contributed by atoms with van der Waals surface area (Å²) in [5, 5.41) is 13.9. The average Bonchev–Trinajstić information content (AvgIpc) is 3.10. The highest BCUT2D eigenvalue weighted by Gasteiger charge is 2.47. The van der Waals surface area contributed by atoms with Crippen molar-refractivity contribution in [1.82, 2.24) is 0 Å². The fourth-order valence-electron chi connectivity index (χ4n) is 4.23. The van der Waals surface area contributed by atoms with Gasteiger partial charge in [-0.1, -0.05) is 37.3 Å². The number of ketones is 1. The summed E-state index contributed by atoms with van der Waals surface area (Å²) in [5.74, 6) is -2.75. The van der Waals surface area contributed by atoms with E-state index in [1.807, 2.05) is 31.2 Å². The van der Waals surface area contributed by atoms with E-state index in [1.165, 1.54) is 30.0 Å². The van der Waals surface area contributed by atoms with Crippen molar-refractivity contribution in [2.75, 3.05) is 10.2 Å². The van der Waals surface area contributed by atoms with Gasteiger partial charge in [0.05, 0.1) is 11.6 Å². The van der Waals surface area contributed by atoms with Crippen LogP contribution in [-0.4, -0.2) is 22.7 Å². The molecule has 1 saturated heterocycles. The minimum atomic E-state index is -0.918. The molecule has 0 radical (unpaired) electrons. The summed E-state index contributed by atoms with van der Waals surface area (Å²) >= 11 is 0. The first-order chi connectivity index (χ1) is 16.7. The zero-order chi connectivity index (χ0) is 25.3. The van der Waals surface area contributed by atoms with Gasteiger partial charge in [-0.3, -0.25) is 19.3 Å². The number of hydrogen-bond donors (Lipinski definition) is 2. The van der Waals surface area contributed by atoms with Crippen molar-refractivity contribution in [3.8, 4) is 0 Å². The van der Waals surface area contributed by atoms with E-state index >= 15 is 0 Å². The second-order valence-electron chi connectivity index (χ2n) is 8.46. The Bertz CT molecular complexity index is 1360. The number of halogens is 1. The van der Waals surface area contributed by atoms with Crippen molar-refractivity contribution in [2.45, 2.75) is 33.2 Å². The van der Waals surface area contributed by atoms with Gasteiger partial charge in [0.15, 0.2) is 0 Å². The number of aryl methyl sites for hydroxylation is 2. The number of nitrogens with one attached hydrogen (secondary N) is 1. The van der Waals surface area contributed by atoms with Crippen molar-refractivity contribution in [1.29, 1.82) is 0 Å². The van der Waals surface area contributed by atoms with Gasteiger partial charge in [0.2, 0.25) is 5.91 Å². The quantitative estimate of drug-likeness (QED) is 0.300. The number of aliphatic hydroxyl groups is 1. The minimum Gasteiger partial charge on any atom is -0.507 e. The van der Waals surface area contributed by atoms with Gasteiger partial charge in [0, 0.05) is 23.9 Å². The molecule has 1 aliphatic rings. The molecule has 178 valence electrons. The number of carbonyl (C=O) groups is 3. The maximum Gasteiger partial charge on any atom is 0.300 e. The molecule has 4 rings (SSSR count). The largest absolute Gasteiger partial charge is 0.507 e. The van der Waals surface area contributed by atoms with Gasteiger partial charge in [0.1, 0.15) is 11.6 Å². The van der Waals surface area contributed by atoms with Crippen molar-refractivity contribution in [3.63, 3.8) is 0 Å². The Labute approximate surface area is 202 Å². The predicted molar refractivity (Wildman–Crippen MR) is 132 cm³/mol.